The van der Waals surface area contributed by atoms with E-state index in [-0.39, 0.29) is 11.9 Å². The fourth-order valence-electron chi connectivity index (χ4n) is 2.32. The van der Waals surface area contributed by atoms with Gasteiger partial charge in [0.25, 0.3) is 5.91 Å². The van der Waals surface area contributed by atoms with Gasteiger partial charge in [-0.3, -0.25) is 9.78 Å². The highest BCUT2D eigenvalue weighted by Gasteiger charge is 2.11. The predicted molar refractivity (Wildman–Crippen MR) is 88.1 cm³/mol. The van der Waals surface area contributed by atoms with E-state index in [1.165, 1.54) is 0 Å². The molecule has 0 spiro atoms. The van der Waals surface area contributed by atoms with Gasteiger partial charge in [-0.05, 0) is 37.5 Å². The number of rotatable bonds is 6. The Morgan fingerprint density at radius 1 is 1.23 bits per heavy atom. The number of hydrogen-bond donors (Lipinski definition) is 2. The van der Waals surface area contributed by atoms with Gasteiger partial charge >= 0.3 is 0 Å². The summed E-state index contributed by atoms with van der Waals surface area (Å²) in [6.45, 7) is 6.32. The molecule has 1 heterocycles. The van der Waals surface area contributed by atoms with Crippen molar-refractivity contribution in [1.82, 2.24) is 15.3 Å². The molecule has 0 saturated carbocycles. The van der Waals surface area contributed by atoms with Crippen molar-refractivity contribution >= 4 is 17.4 Å². The van der Waals surface area contributed by atoms with Crippen LogP contribution in [0.3, 0.4) is 0 Å². The first kappa shape index (κ1) is 15.9. The van der Waals surface area contributed by atoms with Crippen molar-refractivity contribution in [3.8, 4) is 0 Å². The maximum absolute atomic E-state index is 12.3. The Morgan fingerprint density at radius 3 is 2.73 bits per heavy atom. The summed E-state index contributed by atoms with van der Waals surface area (Å²) in [6, 6.07) is 7.51. The van der Waals surface area contributed by atoms with Crippen molar-refractivity contribution in [2.75, 3.05) is 5.32 Å². The molecule has 5 heteroatoms. The van der Waals surface area contributed by atoms with E-state index in [1.807, 2.05) is 25.1 Å². The molecule has 2 rings (SSSR count). The molecule has 0 aliphatic heterocycles. The zero-order valence-electron chi connectivity index (χ0n) is 13.2. The van der Waals surface area contributed by atoms with E-state index in [0.29, 0.717) is 17.3 Å². The van der Waals surface area contributed by atoms with Gasteiger partial charge in [0.15, 0.2) is 0 Å². The Hall–Kier alpha value is -2.43. The van der Waals surface area contributed by atoms with Crippen LogP contribution < -0.4 is 10.6 Å². The molecule has 2 aromatic rings. The lowest BCUT2D eigenvalue weighted by Crippen LogP contribution is -2.33. The average Bonchev–Trinajstić information content (AvgIpc) is 2.47. The van der Waals surface area contributed by atoms with Crippen LogP contribution in [0.5, 0.6) is 0 Å². The lowest BCUT2D eigenvalue weighted by molar-refractivity contribution is 0.0936. The Labute approximate surface area is 131 Å². The van der Waals surface area contributed by atoms with Gasteiger partial charge in [0.1, 0.15) is 5.82 Å². The molecule has 0 bridgehead atoms. The molecule has 0 fully saturated rings. The van der Waals surface area contributed by atoms with Crippen LogP contribution in [0.2, 0.25) is 0 Å². The third-order valence-corrected chi connectivity index (χ3v) is 3.16. The highest BCUT2D eigenvalue weighted by Crippen LogP contribution is 2.15. The van der Waals surface area contributed by atoms with E-state index in [2.05, 4.69) is 34.4 Å². The largest absolute Gasteiger partial charge is 0.350 e. The van der Waals surface area contributed by atoms with E-state index in [4.69, 9.17) is 0 Å². The SMILES string of the molecule is CC(C)C[C@H](C)NC(=O)c1cccc(Nc2cnccn2)c1. The Morgan fingerprint density at radius 2 is 2.05 bits per heavy atom. The minimum Gasteiger partial charge on any atom is -0.350 e. The molecule has 1 aromatic heterocycles. The fourth-order valence-corrected chi connectivity index (χ4v) is 2.32. The minimum absolute atomic E-state index is 0.0593. The van der Waals surface area contributed by atoms with E-state index < -0.39 is 0 Å². The molecule has 116 valence electrons. The molecule has 0 saturated heterocycles. The van der Waals surface area contributed by atoms with E-state index >= 15 is 0 Å². The lowest BCUT2D eigenvalue weighted by atomic mass is 10.0. The van der Waals surface area contributed by atoms with Crippen LogP contribution >= 0.6 is 0 Å². The normalized spacial score (nSPS) is 12.0. The number of amides is 1. The molecule has 0 aliphatic carbocycles. The van der Waals surface area contributed by atoms with Gasteiger partial charge in [0.05, 0.1) is 6.20 Å². The number of carbonyl (C=O) groups is 1. The summed E-state index contributed by atoms with van der Waals surface area (Å²) >= 11 is 0. The lowest BCUT2D eigenvalue weighted by Gasteiger charge is -2.16. The smallest absolute Gasteiger partial charge is 0.251 e. The van der Waals surface area contributed by atoms with E-state index in [1.54, 1.807) is 24.7 Å². The van der Waals surface area contributed by atoms with Gasteiger partial charge in [0, 0.05) is 29.7 Å². The van der Waals surface area contributed by atoms with Crippen LogP contribution in [0.4, 0.5) is 11.5 Å². The summed E-state index contributed by atoms with van der Waals surface area (Å²) in [5.74, 6) is 1.14. The van der Waals surface area contributed by atoms with Crippen LogP contribution in [0.25, 0.3) is 0 Å². The minimum atomic E-state index is -0.0593. The highest BCUT2D eigenvalue weighted by atomic mass is 16.1. The maximum atomic E-state index is 12.3. The summed E-state index contributed by atoms with van der Waals surface area (Å²) in [5, 5.41) is 6.15. The van der Waals surface area contributed by atoms with Crippen LogP contribution in [0.15, 0.2) is 42.9 Å². The summed E-state index contributed by atoms with van der Waals surface area (Å²) in [4.78, 5) is 20.4. The number of carbonyl (C=O) groups excluding carboxylic acids is 1. The molecule has 0 aliphatic rings. The third kappa shape index (κ3) is 4.84. The molecule has 0 unspecified atom stereocenters. The molecule has 2 N–H and O–H groups in total. The summed E-state index contributed by atoms with van der Waals surface area (Å²) in [7, 11) is 0. The van der Waals surface area contributed by atoms with Crippen molar-refractivity contribution in [3.63, 3.8) is 0 Å². The number of nitrogens with one attached hydrogen (secondary N) is 2. The van der Waals surface area contributed by atoms with Crippen molar-refractivity contribution in [3.05, 3.63) is 48.4 Å². The molecule has 1 atom stereocenters. The standard InChI is InChI=1S/C17H22N4O/c1-12(2)9-13(3)20-17(22)14-5-4-6-15(10-14)21-16-11-18-7-8-19-16/h4-8,10-13H,9H2,1-3H3,(H,19,21)(H,20,22)/t13-/m0/s1. The predicted octanol–water partition coefficient (Wildman–Crippen LogP) is 3.38. The zero-order chi connectivity index (χ0) is 15.9. The van der Waals surface area contributed by atoms with Crippen molar-refractivity contribution in [1.29, 1.82) is 0 Å². The van der Waals surface area contributed by atoms with Gasteiger partial charge in [-0.15, -0.1) is 0 Å². The van der Waals surface area contributed by atoms with Crippen molar-refractivity contribution in [2.24, 2.45) is 5.92 Å². The van der Waals surface area contributed by atoms with Crippen LogP contribution in [0.1, 0.15) is 37.6 Å². The van der Waals surface area contributed by atoms with Crippen molar-refractivity contribution in [2.45, 2.75) is 33.2 Å². The summed E-state index contributed by atoms with van der Waals surface area (Å²) in [5.41, 5.74) is 1.44. The van der Waals surface area contributed by atoms with Gasteiger partial charge in [-0.1, -0.05) is 19.9 Å². The maximum Gasteiger partial charge on any atom is 0.251 e. The quantitative estimate of drug-likeness (QED) is 0.858. The van der Waals surface area contributed by atoms with Gasteiger partial charge in [0.2, 0.25) is 0 Å². The Bertz CT molecular complexity index is 613. The summed E-state index contributed by atoms with van der Waals surface area (Å²) in [6.07, 6.45) is 5.83. The van der Waals surface area contributed by atoms with E-state index in [0.717, 1.165) is 12.1 Å². The van der Waals surface area contributed by atoms with Gasteiger partial charge in [-0.25, -0.2) is 4.98 Å². The molecular weight excluding hydrogens is 276 g/mol. The molecule has 22 heavy (non-hydrogen) atoms. The number of nitrogens with zero attached hydrogens (tertiary/aromatic N) is 2. The molecule has 0 radical (unpaired) electrons. The van der Waals surface area contributed by atoms with Crippen LogP contribution in [-0.4, -0.2) is 21.9 Å². The molecule has 5 nitrogen and oxygen atoms in total. The third-order valence-electron chi connectivity index (χ3n) is 3.16. The first-order valence-corrected chi connectivity index (χ1v) is 7.48. The zero-order valence-corrected chi connectivity index (χ0v) is 13.2. The van der Waals surface area contributed by atoms with Gasteiger partial charge < -0.3 is 10.6 Å². The number of benzene rings is 1. The second-order valence-corrected chi connectivity index (χ2v) is 5.80. The topological polar surface area (TPSA) is 66.9 Å². The van der Waals surface area contributed by atoms with Gasteiger partial charge in [-0.2, -0.15) is 0 Å². The molecule has 1 aromatic carbocycles. The highest BCUT2D eigenvalue weighted by molar-refractivity contribution is 5.95. The number of hydrogen-bond acceptors (Lipinski definition) is 4. The van der Waals surface area contributed by atoms with E-state index in [9.17, 15) is 4.79 Å². The first-order valence-electron chi connectivity index (χ1n) is 7.48. The second-order valence-electron chi connectivity index (χ2n) is 5.80. The second kappa shape index (κ2) is 7.54. The van der Waals surface area contributed by atoms with Crippen molar-refractivity contribution < 1.29 is 4.79 Å². The molecular formula is C17H22N4O. The monoisotopic (exact) mass is 298 g/mol. The average molecular weight is 298 g/mol. The Kier molecular flexibility index (Phi) is 5.47. The summed E-state index contributed by atoms with van der Waals surface area (Å²) < 4.78 is 0. The molecule has 1 amide bonds. The number of anilines is 2. The number of aromatic nitrogens is 2. The fraction of sp³-hybridized carbons (Fsp3) is 0.353. The van der Waals surface area contributed by atoms with Crippen LogP contribution in [0, 0.1) is 5.92 Å². The first-order chi connectivity index (χ1) is 10.5. The Balaban J connectivity index is 2.03. The van der Waals surface area contributed by atoms with Crippen LogP contribution in [-0.2, 0) is 0 Å².